The maximum atomic E-state index is 12.5. The van der Waals surface area contributed by atoms with Gasteiger partial charge in [0.2, 0.25) is 0 Å². The second-order valence-corrected chi connectivity index (χ2v) is 7.88. The number of fused-ring (bicyclic) bond motifs is 1. The highest BCUT2D eigenvalue weighted by molar-refractivity contribution is 5.89. The summed E-state index contributed by atoms with van der Waals surface area (Å²) in [7, 11) is 0. The SMILES string of the molecule is CCC[C@H](C[C@@H]1CCC[C@@H]2CCC[C@@H](C)N21)OC(=O)c1ccccc1. The Bertz CT molecular complexity index is 542. The molecular formula is C22H33NO2. The standard InChI is InChI=1S/C22H33NO2/c1-3-9-21(25-22(24)18-11-5-4-6-12-18)16-20-15-8-14-19-13-7-10-17(2)23(19)20/h4-6,11-12,17,19-21H,3,7-10,13-16H2,1-2H3/t17-,19+,20+,21-/m1/s1. The van der Waals surface area contributed by atoms with Crippen LogP contribution in [-0.4, -0.2) is 35.1 Å². The van der Waals surface area contributed by atoms with Crippen molar-refractivity contribution in [2.75, 3.05) is 0 Å². The van der Waals surface area contributed by atoms with E-state index in [2.05, 4.69) is 18.7 Å². The molecule has 3 nitrogen and oxygen atoms in total. The lowest BCUT2D eigenvalue weighted by molar-refractivity contribution is -0.0219. The van der Waals surface area contributed by atoms with Crippen LogP contribution in [0.2, 0.25) is 0 Å². The van der Waals surface area contributed by atoms with Crippen LogP contribution in [-0.2, 0) is 4.74 Å². The predicted octanol–water partition coefficient (Wildman–Crippen LogP) is 5.20. The van der Waals surface area contributed by atoms with Crippen molar-refractivity contribution in [3.8, 4) is 0 Å². The van der Waals surface area contributed by atoms with E-state index in [0.29, 0.717) is 17.6 Å². The number of carbonyl (C=O) groups is 1. The molecule has 2 fully saturated rings. The lowest BCUT2D eigenvalue weighted by Crippen LogP contribution is -2.54. The van der Waals surface area contributed by atoms with Gasteiger partial charge in [0.25, 0.3) is 0 Å². The van der Waals surface area contributed by atoms with Crippen LogP contribution in [0, 0.1) is 0 Å². The van der Waals surface area contributed by atoms with Gasteiger partial charge in [-0.2, -0.15) is 0 Å². The summed E-state index contributed by atoms with van der Waals surface area (Å²) in [6, 6.07) is 11.4. The summed E-state index contributed by atoms with van der Waals surface area (Å²) in [5, 5.41) is 0. The molecule has 25 heavy (non-hydrogen) atoms. The largest absolute Gasteiger partial charge is 0.459 e. The molecule has 1 aromatic carbocycles. The lowest BCUT2D eigenvalue weighted by atomic mass is 9.83. The minimum absolute atomic E-state index is 0.0376. The number of hydrogen-bond donors (Lipinski definition) is 0. The topological polar surface area (TPSA) is 29.5 Å². The van der Waals surface area contributed by atoms with E-state index in [1.54, 1.807) is 0 Å². The molecule has 0 bridgehead atoms. The number of carbonyl (C=O) groups excluding carboxylic acids is 1. The molecule has 0 spiro atoms. The van der Waals surface area contributed by atoms with Crippen molar-refractivity contribution >= 4 is 5.97 Å². The first kappa shape index (κ1) is 18.4. The Morgan fingerprint density at radius 2 is 1.88 bits per heavy atom. The fourth-order valence-corrected chi connectivity index (χ4v) is 4.88. The smallest absolute Gasteiger partial charge is 0.338 e. The van der Waals surface area contributed by atoms with Gasteiger partial charge in [-0.05, 0) is 57.6 Å². The molecule has 2 saturated heterocycles. The summed E-state index contributed by atoms with van der Waals surface area (Å²) in [5.74, 6) is -0.168. The van der Waals surface area contributed by atoms with Crippen LogP contribution in [0.25, 0.3) is 0 Å². The Morgan fingerprint density at radius 1 is 1.16 bits per heavy atom. The molecule has 0 N–H and O–H groups in total. The van der Waals surface area contributed by atoms with Gasteiger partial charge in [0.1, 0.15) is 6.10 Å². The summed E-state index contributed by atoms with van der Waals surface area (Å²) >= 11 is 0. The first-order valence-electron chi connectivity index (χ1n) is 10.2. The van der Waals surface area contributed by atoms with Crippen molar-refractivity contribution in [3.05, 3.63) is 35.9 Å². The second kappa shape index (κ2) is 8.84. The quantitative estimate of drug-likeness (QED) is 0.665. The molecule has 3 heteroatoms. The third kappa shape index (κ3) is 4.63. The fourth-order valence-electron chi connectivity index (χ4n) is 4.88. The minimum atomic E-state index is -0.168. The predicted molar refractivity (Wildman–Crippen MR) is 102 cm³/mol. The number of ether oxygens (including phenoxy) is 1. The molecular weight excluding hydrogens is 310 g/mol. The highest BCUT2D eigenvalue weighted by Gasteiger charge is 2.37. The Kier molecular flexibility index (Phi) is 6.52. The third-order valence-corrected chi connectivity index (χ3v) is 6.01. The number of hydrogen-bond acceptors (Lipinski definition) is 3. The first-order valence-corrected chi connectivity index (χ1v) is 10.2. The van der Waals surface area contributed by atoms with Crippen molar-refractivity contribution in [2.24, 2.45) is 0 Å². The molecule has 2 aliphatic heterocycles. The molecule has 1 aromatic rings. The van der Waals surface area contributed by atoms with Crippen molar-refractivity contribution in [1.29, 1.82) is 0 Å². The van der Waals surface area contributed by atoms with E-state index < -0.39 is 0 Å². The molecule has 0 unspecified atom stereocenters. The van der Waals surface area contributed by atoms with E-state index in [4.69, 9.17) is 4.74 Å². The van der Waals surface area contributed by atoms with E-state index in [1.807, 2.05) is 30.3 Å². The molecule has 2 heterocycles. The van der Waals surface area contributed by atoms with Gasteiger partial charge in [0.15, 0.2) is 0 Å². The number of benzene rings is 1. The Labute approximate surface area is 152 Å². The van der Waals surface area contributed by atoms with E-state index in [0.717, 1.165) is 25.3 Å². The van der Waals surface area contributed by atoms with E-state index in [-0.39, 0.29) is 12.1 Å². The monoisotopic (exact) mass is 343 g/mol. The van der Waals surface area contributed by atoms with Gasteiger partial charge in [-0.3, -0.25) is 4.90 Å². The minimum Gasteiger partial charge on any atom is -0.459 e. The maximum absolute atomic E-state index is 12.5. The van der Waals surface area contributed by atoms with Gasteiger partial charge in [-0.1, -0.05) is 44.4 Å². The van der Waals surface area contributed by atoms with E-state index in [9.17, 15) is 4.79 Å². The average Bonchev–Trinajstić information content (AvgIpc) is 2.63. The molecule has 0 amide bonds. The Hall–Kier alpha value is -1.35. The van der Waals surface area contributed by atoms with Gasteiger partial charge >= 0.3 is 5.97 Å². The van der Waals surface area contributed by atoms with Crippen LogP contribution in [0.5, 0.6) is 0 Å². The molecule has 2 aliphatic rings. The molecule has 0 saturated carbocycles. The van der Waals surface area contributed by atoms with E-state index >= 15 is 0 Å². The fraction of sp³-hybridized carbons (Fsp3) is 0.682. The summed E-state index contributed by atoms with van der Waals surface area (Å²) in [4.78, 5) is 15.3. The molecule has 138 valence electrons. The zero-order chi connectivity index (χ0) is 17.6. The Balaban J connectivity index is 1.65. The highest BCUT2D eigenvalue weighted by atomic mass is 16.5. The summed E-state index contributed by atoms with van der Waals surface area (Å²) in [6.45, 7) is 4.56. The lowest BCUT2D eigenvalue weighted by Gasteiger charge is -2.49. The number of esters is 1. The van der Waals surface area contributed by atoms with Gasteiger partial charge in [-0.25, -0.2) is 4.79 Å². The summed E-state index contributed by atoms with van der Waals surface area (Å²) in [5.41, 5.74) is 0.663. The van der Waals surface area contributed by atoms with Crippen molar-refractivity contribution in [2.45, 2.75) is 95.9 Å². The number of piperidine rings is 2. The zero-order valence-electron chi connectivity index (χ0n) is 15.8. The third-order valence-electron chi connectivity index (χ3n) is 6.01. The average molecular weight is 344 g/mol. The van der Waals surface area contributed by atoms with Crippen LogP contribution in [0.15, 0.2) is 30.3 Å². The van der Waals surface area contributed by atoms with Crippen LogP contribution < -0.4 is 0 Å². The molecule has 0 aliphatic carbocycles. The normalized spacial score (nSPS) is 28.2. The van der Waals surface area contributed by atoms with Gasteiger partial charge in [-0.15, -0.1) is 0 Å². The van der Waals surface area contributed by atoms with Crippen molar-refractivity contribution in [1.82, 2.24) is 4.90 Å². The highest BCUT2D eigenvalue weighted by Crippen LogP contribution is 2.36. The van der Waals surface area contributed by atoms with Gasteiger partial charge in [0, 0.05) is 18.1 Å². The molecule has 4 atom stereocenters. The zero-order valence-corrected chi connectivity index (χ0v) is 15.8. The first-order chi connectivity index (χ1) is 12.2. The van der Waals surface area contributed by atoms with Crippen LogP contribution in [0.1, 0.15) is 82.0 Å². The molecule has 0 radical (unpaired) electrons. The van der Waals surface area contributed by atoms with Gasteiger partial charge in [0.05, 0.1) is 5.56 Å². The number of nitrogens with zero attached hydrogens (tertiary/aromatic N) is 1. The van der Waals surface area contributed by atoms with Crippen LogP contribution >= 0.6 is 0 Å². The van der Waals surface area contributed by atoms with Crippen LogP contribution in [0.3, 0.4) is 0 Å². The van der Waals surface area contributed by atoms with Crippen LogP contribution in [0.4, 0.5) is 0 Å². The van der Waals surface area contributed by atoms with Crippen molar-refractivity contribution in [3.63, 3.8) is 0 Å². The van der Waals surface area contributed by atoms with Gasteiger partial charge < -0.3 is 4.74 Å². The van der Waals surface area contributed by atoms with Crippen molar-refractivity contribution < 1.29 is 9.53 Å². The molecule has 3 rings (SSSR count). The second-order valence-electron chi connectivity index (χ2n) is 7.88. The maximum Gasteiger partial charge on any atom is 0.338 e. The summed E-state index contributed by atoms with van der Waals surface area (Å²) in [6.07, 6.45) is 11.0. The molecule has 0 aromatic heterocycles. The number of rotatable bonds is 6. The Morgan fingerprint density at radius 3 is 2.60 bits per heavy atom. The summed E-state index contributed by atoms with van der Waals surface area (Å²) < 4.78 is 5.93. The van der Waals surface area contributed by atoms with E-state index in [1.165, 1.54) is 38.5 Å².